The number of nitrogens with zero attached hydrogens (tertiary/aromatic N) is 1. The highest BCUT2D eigenvalue weighted by molar-refractivity contribution is 5.72. The van der Waals surface area contributed by atoms with Crippen LogP contribution in [0.25, 0.3) is 11.3 Å². The average molecular weight is 244 g/mol. The van der Waals surface area contributed by atoms with Gasteiger partial charge in [-0.15, -0.1) is 0 Å². The van der Waals surface area contributed by atoms with Crippen molar-refractivity contribution in [3.05, 3.63) is 36.0 Å². The van der Waals surface area contributed by atoms with Gasteiger partial charge >= 0.3 is 0 Å². The van der Waals surface area contributed by atoms with E-state index in [1.165, 1.54) is 0 Å². The van der Waals surface area contributed by atoms with Crippen LogP contribution in [0, 0.1) is 6.92 Å². The summed E-state index contributed by atoms with van der Waals surface area (Å²) in [5, 5.41) is 0. The zero-order valence-corrected chi connectivity index (χ0v) is 10.7. The molecule has 0 aliphatic carbocycles. The Bertz CT molecular complexity index is 568. The van der Waals surface area contributed by atoms with Crippen LogP contribution in [0.4, 0.5) is 5.69 Å². The number of anilines is 1. The van der Waals surface area contributed by atoms with Gasteiger partial charge < -0.3 is 15.2 Å². The Morgan fingerprint density at radius 3 is 2.50 bits per heavy atom. The molecule has 18 heavy (non-hydrogen) atoms. The van der Waals surface area contributed by atoms with Crippen molar-refractivity contribution in [2.45, 2.75) is 6.92 Å². The minimum absolute atomic E-state index is 0.656. The first-order valence-electron chi connectivity index (χ1n) is 5.60. The first-order valence-corrected chi connectivity index (χ1v) is 5.60. The molecule has 2 rings (SSSR count). The van der Waals surface area contributed by atoms with Crippen LogP contribution in [0.3, 0.4) is 0 Å². The molecule has 0 bridgehead atoms. The number of nitrogen functional groups attached to an aromatic ring is 1. The number of rotatable bonds is 3. The normalized spacial score (nSPS) is 10.2. The molecule has 0 saturated carbocycles. The van der Waals surface area contributed by atoms with Gasteiger partial charge in [-0.25, -0.2) is 0 Å². The number of methoxy groups -OCH3 is 2. The lowest BCUT2D eigenvalue weighted by molar-refractivity contribution is 0.395. The molecule has 0 atom stereocenters. The maximum atomic E-state index is 5.71. The fourth-order valence-corrected chi connectivity index (χ4v) is 1.87. The van der Waals surface area contributed by atoms with Crippen LogP contribution < -0.4 is 15.2 Å². The summed E-state index contributed by atoms with van der Waals surface area (Å²) in [4.78, 5) is 4.37. The highest BCUT2D eigenvalue weighted by Crippen LogP contribution is 2.34. The predicted molar refractivity (Wildman–Crippen MR) is 71.9 cm³/mol. The van der Waals surface area contributed by atoms with E-state index in [9.17, 15) is 0 Å². The van der Waals surface area contributed by atoms with Crippen molar-refractivity contribution in [1.29, 1.82) is 0 Å². The van der Waals surface area contributed by atoms with E-state index in [4.69, 9.17) is 15.2 Å². The Balaban J connectivity index is 2.56. The van der Waals surface area contributed by atoms with Gasteiger partial charge in [0, 0.05) is 11.6 Å². The number of ether oxygens (including phenoxy) is 2. The summed E-state index contributed by atoms with van der Waals surface area (Å²) in [6, 6.07) is 7.55. The van der Waals surface area contributed by atoms with Gasteiger partial charge in [-0.3, -0.25) is 4.98 Å². The maximum Gasteiger partial charge on any atom is 0.131 e. The molecule has 0 spiro atoms. The molecule has 1 aromatic heterocycles. The Morgan fingerprint density at radius 1 is 1.11 bits per heavy atom. The SMILES string of the molecule is COc1ccc(-c2ncc(N)cc2C)c(OC)c1. The smallest absolute Gasteiger partial charge is 0.131 e. The van der Waals surface area contributed by atoms with Crippen molar-refractivity contribution in [3.8, 4) is 22.8 Å². The number of pyridine rings is 1. The molecule has 0 radical (unpaired) electrons. The monoisotopic (exact) mass is 244 g/mol. The molecule has 4 nitrogen and oxygen atoms in total. The van der Waals surface area contributed by atoms with Gasteiger partial charge in [-0.1, -0.05) is 0 Å². The fraction of sp³-hybridized carbons (Fsp3) is 0.214. The van der Waals surface area contributed by atoms with Gasteiger partial charge in [0.1, 0.15) is 11.5 Å². The minimum Gasteiger partial charge on any atom is -0.497 e. The van der Waals surface area contributed by atoms with E-state index in [-0.39, 0.29) is 0 Å². The minimum atomic E-state index is 0.656. The lowest BCUT2D eigenvalue weighted by Gasteiger charge is -2.12. The van der Waals surface area contributed by atoms with Crippen LogP contribution in [0.2, 0.25) is 0 Å². The van der Waals surface area contributed by atoms with Crippen LogP contribution in [-0.4, -0.2) is 19.2 Å². The van der Waals surface area contributed by atoms with Crippen molar-refractivity contribution >= 4 is 5.69 Å². The topological polar surface area (TPSA) is 57.4 Å². The molecular formula is C14H16N2O2. The molecule has 1 heterocycles. The molecule has 0 aliphatic heterocycles. The molecule has 2 N–H and O–H groups in total. The molecule has 4 heteroatoms. The summed E-state index contributed by atoms with van der Waals surface area (Å²) in [5.74, 6) is 1.48. The molecule has 0 aliphatic rings. The summed E-state index contributed by atoms with van der Waals surface area (Å²) in [7, 11) is 3.26. The molecule has 0 saturated heterocycles. The number of hydrogen-bond donors (Lipinski definition) is 1. The molecule has 2 aromatic rings. The second-order valence-corrected chi connectivity index (χ2v) is 4.00. The Labute approximate surface area is 106 Å². The van der Waals surface area contributed by atoms with E-state index in [1.807, 2.05) is 31.2 Å². The van der Waals surface area contributed by atoms with Crippen molar-refractivity contribution in [1.82, 2.24) is 4.98 Å². The van der Waals surface area contributed by atoms with Crippen molar-refractivity contribution in [2.24, 2.45) is 0 Å². The van der Waals surface area contributed by atoms with E-state index in [2.05, 4.69) is 4.98 Å². The second kappa shape index (κ2) is 4.96. The van der Waals surface area contributed by atoms with Crippen molar-refractivity contribution in [3.63, 3.8) is 0 Å². The number of aryl methyl sites for hydroxylation is 1. The van der Waals surface area contributed by atoms with Gasteiger partial charge in [0.15, 0.2) is 0 Å². The number of nitrogens with two attached hydrogens (primary N) is 1. The van der Waals surface area contributed by atoms with Crippen molar-refractivity contribution in [2.75, 3.05) is 20.0 Å². The van der Waals surface area contributed by atoms with Gasteiger partial charge in [0.05, 0.1) is 31.8 Å². The summed E-state index contributed by atoms with van der Waals surface area (Å²) in [5.41, 5.74) is 9.17. The van der Waals surface area contributed by atoms with Gasteiger partial charge in [-0.05, 0) is 30.7 Å². The maximum absolute atomic E-state index is 5.71. The van der Waals surface area contributed by atoms with E-state index >= 15 is 0 Å². The molecule has 0 unspecified atom stereocenters. The van der Waals surface area contributed by atoms with Gasteiger partial charge in [0.25, 0.3) is 0 Å². The summed E-state index contributed by atoms with van der Waals surface area (Å²) in [6.07, 6.45) is 1.64. The summed E-state index contributed by atoms with van der Waals surface area (Å²) < 4.78 is 10.6. The molecule has 1 aromatic carbocycles. The fourth-order valence-electron chi connectivity index (χ4n) is 1.87. The predicted octanol–water partition coefficient (Wildman–Crippen LogP) is 2.66. The largest absolute Gasteiger partial charge is 0.497 e. The van der Waals surface area contributed by atoms with Crippen LogP contribution in [0.5, 0.6) is 11.5 Å². The van der Waals surface area contributed by atoms with E-state index in [0.29, 0.717) is 5.69 Å². The number of benzene rings is 1. The lowest BCUT2D eigenvalue weighted by Crippen LogP contribution is -1.96. The zero-order chi connectivity index (χ0) is 13.1. The zero-order valence-electron chi connectivity index (χ0n) is 10.7. The van der Waals surface area contributed by atoms with E-state index < -0.39 is 0 Å². The molecule has 0 fully saturated rings. The second-order valence-electron chi connectivity index (χ2n) is 4.00. The standard InChI is InChI=1S/C14H16N2O2/c1-9-6-10(15)8-16-14(9)12-5-4-11(17-2)7-13(12)18-3/h4-8H,15H2,1-3H3. The molecule has 94 valence electrons. The van der Waals surface area contributed by atoms with E-state index in [0.717, 1.165) is 28.3 Å². The first-order chi connectivity index (χ1) is 8.65. The molecular weight excluding hydrogens is 228 g/mol. The van der Waals surface area contributed by atoms with Gasteiger partial charge in [-0.2, -0.15) is 0 Å². The Hall–Kier alpha value is -2.23. The lowest BCUT2D eigenvalue weighted by atomic mass is 10.1. The average Bonchev–Trinajstić information content (AvgIpc) is 2.38. The van der Waals surface area contributed by atoms with Crippen LogP contribution in [-0.2, 0) is 0 Å². The van der Waals surface area contributed by atoms with Crippen LogP contribution in [0.1, 0.15) is 5.56 Å². The Kier molecular flexibility index (Phi) is 3.37. The van der Waals surface area contributed by atoms with Crippen LogP contribution >= 0.6 is 0 Å². The quantitative estimate of drug-likeness (QED) is 0.901. The van der Waals surface area contributed by atoms with E-state index in [1.54, 1.807) is 20.4 Å². The number of hydrogen-bond acceptors (Lipinski definition) is 4. The third-order valence-corrected chi connectivity index (χ3v) is 2.76. The molecule has 0 amide bonds. The van der Waals surface area contributed by atoms with Crippen molar-refractivity contribution < 1.29 is 9.47 Å². The third kappa shape index (κ3) is 2.22. The highest BCUT2D eigenvalue weighted by atomic mass is 16.5. The van der Waals surface area contributed by atoms with Crippen LogP contribution in [0.15, 0.2) is 30.5 Å². The summed E-state index contributed by atoms with van der Waals surface area (Å²) >= 11 is 0. The Morgan fingerprint density at radius 2 is 1.89 bits per heavy atom. The third-order valence-electron chi connectivity index (χ3n) is 2.76. The van der Waals surface area contributed by atoms with Gasteiger partial charge in [0.2, 0.25) is 0 Å². The highest BCUT2D eigenvalue weighted by Gasteiger charge is 2.11. The number of aromatic nitrogens is 1. The first kappa shape index (κ1) is 12.2. The summed E-state index contributed by atoms with van der Waals surface area (Å²) in [6.45, 7) is 1.97.